The standard InChI is InChI=1S/C28H24O6S2/c29-36(30)23-11-7-19-33-27-15-3-1-13-25(27)31-17-5-9-21-35-22-10-6-18-32-26-14-2-4-16-28(26)34-20-8-12-24-36/h1-4,13-16H,17-24H2. The van der Waals surface area contributed by atoms with Crippen LogP contribution < -0.4 is 18.9 Å². The number of ether oxygens (including phenoxy) is 4. The second-order valence-corrected chi connectivity index (χ2v) is 10.0. The molecule has 1 aliphatic rings. The van der Waals surface area contributed by atoms with Crippen LogP contribution >= 0.6 is 11.8 Å². The Kier molecular flexibility index (Phi) is 11.3. The number of rotatable bonds is 0. The number of sulfone groups is 1. The molecule has 0 bridgehead atoms. The Morgan fingerprint density at radius 1 is 0.528 bits per heavy atom. The normalized spacial score (nSPS) is 16.1. The summed E-state index contributed by atoms with van der Waals surface area (Å²) in [4.78, 5) is 0. The van der Waals surface area contributed by atoms with Crippen molar-refractivity contribution in [2.75, 3.05) is 49.4 Å². The van der Waals surface area contributed by atoms with Gasteiger partial charge in [-0.3, -0.25) is 0 Å². The Labute approximate surface area is 217 Å². The summed E-state index contributed by atoms with van der Waals surface area (Å²) in [5, 5.41) is 0. The molecule has 1 aliphatic heterocycles. The molecule has 0 saturated heterocycles. The van der Waals surface area contributed by atoms with Crippen molar-refractivity contribution in [3.63, 3.8) is 0 Å². The summed E-state index contributed by atoms with van der Waals surface area (Å²) in [6.45, 7) is 0.486. The lowest BCUT2D eigenvalue weighted by Crippen LogP contribution is -2.09. The third-order valence-electron chi connectivity index (χ3n) is 4.33. The van der Waals surface area contributed by atoms with Crippen LogP contribution in [0.25, 0.3) is 0 Å². The number of para-hydroxylation sites is 4. The smallest absolute Gasteiger partial charge is 0.172 e. The zero-order valence-electron chi connectivity index (χ0n) is 19.5. The molecule has 0 fully saturated rings. The van der Waals surface area contributed by atoms with Crippen LogP contribution in [-0.2, 0) is 9.84 Å². The van der Waals surface area contributed by atoms with E-state index in [-0.39, 0.29) is 37.9 Å². The molecule has 0 saturated carbocycles. The van der Waals surface area contributed by atoms with E-state index in [0.29, 0.717) is 34.5 Å². The third-order valence-corrected chi connectivity index (χ3v) is 6.20. The van der Waals surface area contributed by atoms with Gasteiger partial charge >= 0.3 is 0 Å². The highest BCUT2D eigenvalue weighted by molar-refractivity contribution is 7.99. The van der Waals surface area contributed by atoms with Crippen LogP contribution in [0.2, 0.25) is 0 Å². The molecular weight excluding hydrogens is 496 g/mol. The van der Waals surface area contributed by atoms with E-state index in [2.05, 4.69) is 47.4 Å². The molecule has 0 spiro atoms. The van der Waals surface area contributed by atoms with E-state index in [1.807, 2.05) is 24.3 Å². The fraction of sp³-hybridized carbons (Fsp3) is 0.286. The van der Waals surface area contributed by atoms with Gasteiger partial charge in [-0.15, -0.1) is 11.8 Å². The number of hydrogen-bond donors (Lipinski definition) is 0. The Hall–Kier alpha value is -3.82. The van der Waals surface area contributed by atoms with Crippen LogP contribution in [0.5, 0.6) is 23.0 Å². The highest BCUT2D eigenvalue weighted by Gasteiger charge is 2.07. The van der Waals surface area contributed by atoms with Gasteiger partial charge in [-0.2, -0.15) is 0 Å². The van der Waals surface area contributed by atoms with Gasteiger partial charge in [0.2, 0.25) is 0 Å². The van der Waals surface area contributed by atoms with Gasteiger partial charge in [0.15, 0.2) is 32.8 Å². The second-order valence-electron chi connectivity index (χ2n) is 6.99. The minimum absolute atomic E-state index is 0.0280. The molecule has 36 heavy (non-hydrogen) atoms. The van der Waals surface area contributed by atoms with E-state index in [4.69, 9.17) is 18.9 Å². The average molecular weight is 521 g/mol. The topological polar surface area (TPSA) is 71.1 Å². The summed E-state index contributed by atoms with van der Waals surface area (Å²) in [6, 6.07) is 14.3. The molecule has 0 atom stereocenters. The molecule has 8 heteroatoms. The SMILES string of the molecule is O=S1(=O)CC#CCOc2ccccc2OCC#CCSCC#CCOc2ccccc2OCC#CC1. The maximum absolute atomic E-state index is 12.2. The van der Waals surface area contributed by atoms with Crippen LogP contribution in [0.15, 0.2) is 48.5 Å². The lowest BCUT2D eigenvalue weighted by atomic mass is 10.3. The monoisotopic (exact) mass is 520 g/mol. The first-order valence-electron chi connectivity index (χ1n) is 10.9. The molecular formula is C28H24O6S2. The first kappa shape index (κ1) is 26.8. The van der Waals surface area contributed by atoms with Gasteiger partial charge < -0.3 is 18.9 Å². The van der Waals surface area contributed by atoms with E-state index in [0.717, 1.165) is 0 Å². The summed E-state index contributed by atoms with van der Waals surface area (Å²) in [5.41, 5.74) is 0. The molecule has 0 amide bonds. The number of benzene rings is 2. The maximum atomic E-state index is 12.2. The minimum Gasteiger partial charge on any atom is -0.477 e. The van der Waals surface area contributed by atoms with Crippen molar-refractivity contribution in [2.24, 2.45) is 0 Å². The summed E-state index contributed by atoms with van der Waals surface area (Å²) in [7, 11) is -3.45. The van der Waals surface area contributed by atoms with Crippen molar-refractivity contribution in [3.8, 4) is 70.4 Å². The molecule has 3 rings (SSSR count). The lowest BCUT2D eigenvalue weighted by Gasteiger charge is -2.09. The van der Waals surface area contributed by atoms with E-state index in [9.17, 15) is 8.42 Å². The molecule has 0 radical (unpaired) electrons. The second kappa shape index (κ2) is 15.2. The molecule has 2 aromatic carbocycles. The first-order chi connectivity index (χ1) is 17.6. The van der Waals surface area contributed by atoms with Gasteiger partial charge in [-0.1, -0.05) is 71.6 Å². The minimum atomic E-state index is -3.45. The zero-order chi connectivity index (χ0) is 25.3. The van der Waals surface area contributed by atoms with Crippen molar-refractivity contribution in [1.29, 1.82) is 0 Å². The van der Waals surface area contributed by atoms with Crippen molar-refractivity contribution in [3.05, 3.63) is 48.5 Å². The van der Waals surface area contributed by atoms with Gasteiger partial charge in [0.05, 0.1) is 11.5 Å². The summed E-state index contributed by atoms with van der Waals surface area (Å²) in [5.74, 6) is 25.5. The van der Waals surface area contributed by atoms with Crippen molar-refractivity contribution < 1.29 is 27.4 Å². The molecule has 184 valence electrons. The fourth-order valence-corrected chi connectivity index (χ4v) is 3.92. The van der Waals surface area contributed by atoms with Crippen LogP contribution in [0.3, 0.4) is 0 Å². The molecule has 2 aromatic rings. The Morgan fingerprint density at radius 3 is 1.22 bits per heavy atom. The van der Waals surface area contributed by atoms with Crippen molar-refractivity contribution >= 4 is 21.6 Å². The summed E-state index contributed by atoms with van der Waals surface area (Å²) >= 11 is 1.61. The summed E-state index contributed by atoms with van der Waals surface area (Å²) in [6.07, 6.45) is 0. The number of fused-ring (bicyclic) bond motifs is 2. The van der Waals surface area contributed by atoms with Crippen molar-refractivity contribution in [1.82, 2.24) is 0 Å². The van der Waals surface area contributed by atoms with Crippen LogP contribution in [0, 0.1) is 47.4 Å². The molecule has 0 aromatic heterocycles. The van der Waals surface area contributed by atoms with Gasteiger partial charge in [0, 0.05) is 0 Å². The number of hydrogen-bond acceptors (Lipinski definition) is 7. The molecule has 0 N–H and O–H groups in total. The highest BCUT2D eigenvalue weighted by Crippen LogP contribution is 2.26. The Morgan fingerprint density at radius 2 is 0.861 bits per heavy atom. The van der Waals surface area contributed by atoms with E-state index in [1.165, 1.54) is 0 Å². The van der Waals surface area contributed by atoms with Crippen LogP contribution in [0.1, 0.15) is 0 Å². The van der Waals surface area contributed by atoms with E-state index in [1.54, 1.807) is 36.0 Å². The lowest BCUT2D eigenvalue weighted by molar-refractivity contribution is 0.314. The predicted molar refractivity (Wildman–Crippen MR) is 142 cm³/mol. The maximum Gasteiger partial charge on any atom is 0.172 e. The third kappa shape index (κ3) is 10.2. The summed E-state index contributed by atoms with van der Waals surface area (Å²) < 4.78 is 47.0. The van der Waals surface area contributed by atoms with Crippen LogP contribution in [0.4, 0.5) is 0 Å². The van der Waals surface area contributed by atoms with E-state index < -0.39 is 9.84 Å². The molecule has 0 unspecified atom stereocenters. The fourth-order valence-electron chi connectivity index (χ4n) is 2.66. The molecule has 1 heterocycles. The van der Waals surface area contributed by atoms with Crippen LogP contribution in [-0.4, -0.2) is 57.9 Å². The average Bonchev–Trinajstić information content (AvgIpc) is 2.87. The largest absolute Gasteiger partial charge is 0.477 e. The number of thioether (sulfide) groups is 1. The van der Waals surface area contributed by atoms with Gasteiger partial charge in [0.1, 0.15) is 37.9 Å². The Bertz CT molecular complexity index is 1270. The predicted octanol–water partition coefficient (Wildman–Crippen LogP) is 3.08. The zero-order valence-corrected chi connectivity index (χ0v) is 21.2. The van der Waals surface area contributed by atoms with Gasteiger partial charge in [-0.25, -0.2) is 8.42 Å². The highest BCUT2D eigenvalue weighted by atomic mass is 32.2. The van der Waals surface area contributed by atoms with Gasteiger partial charge in [0.25, 0.3) is 0 Å². The van der Waals surface area contributed by atoms with Gasteiger partial charge in [-0.05, 0) is 24.3 Å². The molecule has 6 nitrogen and oxygen atoms in total. The Balaban J connectivity index is 1.65. The van der Waals surface area contributed by atoms with Crippen molar-refractivity contribution in [2.45, 2.75) is 0 Å². The first-order valence-corrected chi connectivity index (χ1v) is 13.9. The molecule has 0 aliphatic carbocycles. The quantitative estimate of drug-likeness (QED) is 0.495. The van der Waals surface area contributed by atoms with E-state index >= 15 is 0 Å².